The number of nitro groups is 1. The minimum atomic E-state index is -4.00. The first-order chi connectivity index (χ1) is 11.4. The minimum absolute atomic E-state index is 0.0169. The topological polar surface area (TPSA) is 94.3 Å². The Kier molecular flexibility index (Phi) is 5.81. The second-order valence-corrected chi connectivity index (χ2v) is 7.57. The summed E-state index contributed by atoms with van der Waals surface area (Å²) in [5, 5.41) is 9.58. The Hall–Kier alpha value is -2.54. The number of benzene rings is 2. The van der Waals surface area contributed by atoms with Gasteiger partial charge in [-0.25, -0.2) is 8.42 Å². The molecule has 0 radical (unpaired) electrons. The summed E-state index contributed by atoms with van der Waals surface area (Å²) in [6.07, 6.45) is 0.635. The van der Waals surface area contributed by atoms with Gasteiger partial charge in [0.15, 0.2) is 9.84 Å². The molecule has 24 heavy (non-hydrogen) atoms. The van der Waals surface area contributed by atoms with Gasteiger partial charge in [0.1, 0.15) is 11.5 Å². The Morgan fingerprint density at radius 2 is 1.54 bits per heavy atom. The lowest BCUT2D eigenvalue weighted by molar-refractivity contribution is -0.480. The zero-order valence-electron chi connectivity index (χ0n) is 12.8. The molecule has 6 nitrogen and oxygen atoms in total. The molecule has 0 amide bonds. The third kappa shape index (κ3) is 4.26. The van der Waals surface area contributed by atoms with Crippen LogP contribution in [0, 0.1) is 16.0 Å². The van der Waals surface area contributed by atoms with Crippen molar-refractivity contribution in [3.8, 4) is 0 Å². The number of hydrogen-bond acceptors (Lipinski definition) is 5. The number of rotatable bonds is 8. The Morgan fingerprint density at radius 3 is 2.04 bits per heavy atom. The summed E-state index contributed by atoms with van der Waals surface area (Å²) < 4.78 is 25.6. The van der Waals surface area contributed by atoms with E-state index in [4.69, 9.17) is 0 Å². The van der Waals surface area contributed by atoms with Gasteiger partial charge in [0.2, 0.25) is 6.54 Å². The number of sulfone groups is 1. The van der Waals surface area contributed by atoms with E-state index in [0.29, 0.717) is 6.29 Å². The van der Waals surface area contributed by atoms with Crippen molar-refractivity contribution >= 4 is 16.1 Å². The lowest BCUT2D eigenvalue weighted by Crippen LogP contribution is -2.38. The fraction of sp³-hybridized carbons (Fsp3) is 0.235. The van der Waals surface area contributed by atoms with Gasteiger partial charge < -0.3 is 4.79 Å². The molecular formula is C17H17NO5S. The normalized spacial score (nSPS) is 13.8. The first-order valence-corrected chi connectivity index (χ1v) is 8.89. The van der Waals surface area contributed by atoms with Crippen LogP contribution in [0.15, 0.2) is 65.6 Å². The Balaban J connectivity index is 2.39. The van der Waals surface area contributed by atoms with Crippen molar-refractivity contribution in [1.29, 1.82) is 0 Å². The van der Waals surface area contributed by atoms with Crippen LogP contribution in [0.25, 0.3) is 0 Å². The standard InChI is InChI=1S/C17H17NO5S/c19-13-15(11-14-7-3-1-4-8-14)17(12-18(20)21)24(22,23)16-9-5-2-6-10-16/h1-10,13,15,17H,11-12H2/t15-,17-/m1/s1. The molecule has 2 aromatic carbocycles. The molecule has 2 rings (SSSR count). The van der Waals surface area contributed by atoms with Gasteiger partial charge in [-0.15, -0.1) is 0 Å². The summed E-state index contributed by atoms with van der Waals surface area (Å²) in [7, 11) is -4.00. The largest absolute Gasteiger partial charge is 0.303 e. The number of aldehydes is 1. The van der Waals surface area contributed by atoms with Gasteiger partial charge >= 0.3 is 0 Å². The molecule has 7 heteroatoms. The predicted octanol–water partition coefficient (Wildman–Crippen LogP) is 2.16. The molecule has 0 fully saturated rings. The van der Waals surface area contributed by atoms with Crippen LogP contribution < -0.4 is 0 Å². The quantitative estimate of drug-likeness (QED) is 0.414. The SMILES string of the molecule is O=C[C@@H](Cc1ccccc1)[C@@H](C[N+](=O)[O-])S(=O)(=O)c1ccccc1. The molecule has 0 aliphatic heterocycles. The highest BCUT2D eigenvalue weighted by Crippen LogP contribution is 2.24. The van der Waals surface area contributed by atoms with Gasteiger partial charge in [0, 0.05) is 10.8 Å². The first-order valence-electron chi connectivity index (χ1n) is 7.35. The maximum Gasteiger partial charge on any atom is 0.221 e. The first kappa shape index (κ1) is 17.8. The predicted molar refractivity (Wildman–Crippen MR) is 89.0 cm³/mol. The van der Waals surface area contributed by atoms with Crippen molar-refractivity contribution in [2.75, 3.05) is 6.54 Å². The van der Waals surface area contributed by atoms with E-state index in [1.54, 1.807) is 48.5 Å². The molecule has 0 saturated carbocycles. The fourth-order valence-corrected chi connectivity index (χ4v) is 4.37. The molecule has 2 atom stereocenters. The maximum absolute atomic E-state index is 12.8. The van der Waals surface area contributed by atoms with Gasteiger partial charge in [-0.05, 0) is 24.1 Å². The van der Waals surface area contributed by atoms with Gasteiger partial charge in [0.05, 0.1) is 4.90 Å². The molecular weight excluding hydrogens is 330 g/mol. The van der Waals surface area contributed by atoms with Crippen LogP contribution in [0.1, 0.15) is 5.56 Å². The molecule has 2 aromatic rings. The van der Waals surface area contributed by atoms with Crippen LogP contribution in [0.2, 0.25) is 0 Å². The van der Waals surface area contributed by atoms with E-state index in [0.717, 1.165) is 5.56 Å². The highest BCUT2D eigenvalue weighted by molar-refractivity contribution is 7.92. The number of hydrogen-bond donors (Lipinski definition) is 0. The molecule has 0 aliphatic carbocycles. The molecule has 0 spiro atoms. The summed E-state index contributed by atoms with van der Waals surface area (Å²) in [4.78, 5) is 21.8. The van der Waals surface area contributed by atoms with Gasteiger partial charge in [-0.2, -0.15) is 0 Å². The van der Waals surface area contributed by atoms with Gasteiger partial charge in [0.25, 0.3) is 0 Å². The molecule has 0 N–H and O–H groups in total. The molecule has 0 aliphatic rings. The monoisotopic (exact) mass is 347 g/mol. The molecule has 126 valence electrons. The average molecular weight is 347 g/mol. The van der Waals surface area contributed by atoms with Crippen molar-refractivity contribution in [1.82, 2.24) is 0 Å². The van der Waals surface area contributed by atoms with Crippen molar-refractivity contribution < 1.29 is 18.1 Å². The highest BCUT2D eigenvalue weighted by atomic mass is 32.2. The summed E-state index contributed by atoms with van der Waals surface area (Å²) in [5.74, 6) is -0.997. The van der Waals surface area contributed by atoms with E-state index >= 15 is 0 Å². The van der Waals surface area contributed by atoms with Crippen LogP contribution in [-0.4, -0.2) is 31.4 Å². The van der Waals surface area contributed by atoms with Crippen molar-refractivity contribution in [2.45, 2.75) is 16.6 Å². The van der Waals surface area contributed by atoms with E-state index < -0.39 is 32.5 Å². The summed E-state index contributed by atoms with van der Waals surface area (Å²) in [5.41, 5.74) is 0.756. The summed E-state index contributed by atoms with van der Waals surface area (Å²) >= 11 is 0. The molecule has 0 heterocycles. The fourth-order valence-electron chi connectivity index (χ4n) is 2.55. The lowest BCUT2D eigenvalue weighted by atomic mass is 9.97. The van der Waals surface area contributed by atoms with E-state index in [2.05, 4.69) is 0 Å². The molecule has 0 aromatic heterocycles. The van der Waals surface area contributed by atoms with Crippen LogP contribution in [0.3, 0.4) is 0 Å². The number of carbonyl (C=O) groups is 1. The van der Waals surface area contributed by atoms with E-state index in [1.807, 2.05) is 0 Å². The van der Waals surface area contributed by atoms with Gasteiger partial charge in [-0.1, -0.05) is 48.5 Å². The third-order valence-corrected chi connectivity index (χ3v) is 5.99. The summed E-state index contributed by atoms with van der Waals surface area (Å²) in [6, 6.07) is 16.4. The molecule has 0 saturated heterocycles. The second kappa shape index (κ2) is 7.83. The Morgan fingerprint density at radius 1 is 1.00 bits per heavy atom. The zero-order chi connectivity index (χ0) is 17.6. The van der Waals surface area contributed by atoms with E-state index in [-0.39, 0.29) is 11.3 Å². The minimum Gasteiger partial charge on any atom is -0.303 e. The van der Waals surface area contributed by atoms with Crippen LogP contribution in [-0.2, 0) is 21.1 Å². The number of carbonyl (C=O) groups excluding carboxylic acids is 1. The van der Waals surface area contributed by atoms with Crippen molar-refractivity contribution in [3.05, 3.63) is 76.3 Å². The Labute approximate surface area is 140 Å². The van der Waals surface area contributed by atoms with E-state index in [9.17, 15) is 23.3 Å². The second-order valence-electron chi connectivity index (χ2n) is 5.40. The van der Waals surface area contributed by atoms with Crippen LogP contribution in [0.4, 0.5) is 0 Å². The lowest BCUT2D eigenvalue weighted by Gasteiger charge is -2.20. The van der Waals surface area contributed by atoms with Crippen LogP contribution in [0.5, 0.6) is 0 Å². The van der Waals surface area contributed by atoms with Gasteiger partial charge in [-0.3, -0.25) is 10.1 Å². The average Bonchev–Trinajstić information content (AvgIpc) is 2.59. The van der Waals surface area contributed by atoms with Crippen molar-refractivity contribution in [2.24, 2.45) is 5.92 Å². The van der Waals surface area contributed by atoms with E-state index in [1.165, 1.54) is 12.1 Å². The smallest absolute Gasteiger partial charge is 0.221 e. The summed E-state index contributed by atoms with van der Waals surface area (Å²) in [6.45, 7) is -0.812. The number of nitrogens with zero attached hydrogens (tertiary/aromatic N) is 1. The zero-order valence-corrected chi connectivity index (χ0v) is 13.6. The maximum atomic E-state index is 12.8. The van der Waals surface area contributed by atoms with Crippen LogP contribution >= 0.6 is 0 Å². The highest BCUT2D eigenvalue weighted by Gasteiger charge is 2.38. The Bertz CT molecular complexity index is 790. The molecule has 0 unspecified atom stereocenters. The van der Waals surface area contributed by atoms with Crippen molar-refractivity contribution in [3.63, 3.8) is 0 Å². The molecule has 0 bridgehead atoms. The third-order valence-electron chi connectivity index (χ3n) is 3.77.